The molecular formula is C26H24N2O4. The molecule has 0 fully saturated rings. The summed E-state index contributed by atoms with van der Waals surface area (Å²) in [5.41, 5.74) is 5.68. The number of furan rings is 1. The van der Waals surface area contributed by atoms with E-state index in [9.17, 15) is 9.59 Å². The Labute approximate surface area is 186 Å². The first-order valence-corrected chi connectivity index (χ1v) is 10.3. The molecule has 0 saturated heterocycles. The zero-order valence-electron chi connectivity index (χ0n) is 18.2. The summed E-state index contributed by atoms with van der Waals surface area (Å²) < 4.78 is 10.8. The standard InChI is InChI=1S/C26H24N2O4/c1-16-4-13-23-19(15-32-25(23)17(16)2)14-24(29)27-20-7-5-18(6-8-20)26(30)28-21-9-11-22(31-3)12-10-21/h4-13,15H,14H2,1-3H3,(H,27,29)(H,28,30). The van der Waals surface area contributed by atoms with Crippen LogP contribution < -0.4 is 15.4 Å². The Morgan fingerprint density at radius 1 is 0.875 bits per heavy atom. The number of amides is 2. The monoisotopic (exact) mass is 428 g/mol. The number of hydrogen-bond acceptors (Lipinski definition) is 4. The number of benzene rings is 3. The summed E-state index contributed by atoms with van der Waals surface area (Å²) in [5.74, 6) is 0.335. The van der Waals surface area contributed by atoms with Crippen LogP contribution >= 0.6 is 0 Å². The van der Waals surface area contributed by atoms with Crippen molar-refractivity contribution in [3.63, 3.8) is 0 Å². The van der Waals surface area contributed by atoms with Crippen LogP contribution in [0.25, 0.3) is 11.0 Å². The molecule has 3 aromatic carbocycles. The van der Waals surface area contributed by atoms with Crippen molar-refractivity contribution in [2.24, 2.45) is 0 Å². The van der Waals surface area contributed by atoms with Gasteiger partial charge in [-0.05, 0) is 73.5 Å². The minimum absolute atomic E-state index is 0.152. The largest absolute Gasteiger partial charge is 0.497 e. The smallest absolute Gasteiger partial charge is 0.255 e. The van der Waals surface area contributed by atoms with Gasteiger partial charge >= 0.3 is 0 Å². The van der Waals surface area contributed by atoms with Crippen LogP contribution in [0.4, 0.5) is 11.4 Å². The van der Waals surface area contributed by atoms with Crippen molar-refractivity contribution in [1.82, 2.24) is 0 Å². The Balaban J connectivity index is 1.38. The first-order valence-electron chi connectivity index (χ1n) is 10.3. The Hall–Kier alpha value is -4.06. The number of hydrogen-bond donors (Lipinski definition) is 2. The lowest BCUT2D eigenvalue weighted by Crippen LogP contribution is -2.15. The zero-order chi connectivity index (χ0) is 22.7. The average molecular weight is 428 g/mol. The molecule has 0 aliphatic carbocycles. The van der Waals surface area contributed by atoms with Crippen molar-refractivity contribution in [3.8, 4) is 5.75 Å². The molecule has 2 amide bonds. The molecule has 0 spiro atoms. The molecule has 4 rings (SSSR count). The van der Waals surface area contributed by atoms with E-state index in [2.05, 4.69) is 10.6 Å². The van der Waals surface area contributed by atoms with Gasteiger partial charge in [-0.25, -0.2) is 0 Å². The summed E-state index contributed by atoms with van der Waals surface area (Å²) in [4.78, 5) is 25.0. The highest BCUT2D eigenvalue weighted by molar-refractivity contribution is 6.04. The third kappa shape index (κ3) is 4.49. The Kier molecular flexibility index (Phi) is 5.94. The lowest BCUT2D eigenvalue weighted by molar-refractivity contribution is -0.115. The van der Waals surface area contributed by atoms with E-state index in [0.29, 0.717) is 16.9 Å². The molecule has 2 N–H and O–H groups in total. The molecule has 0 aliphatic heterocycles. The fourth-order valence-electron chi connectivity index (χ4n) is 3.49. The normalized spacial score (nSPS) is 10.7. The van der Waals surface area contributed by atoms with Crippen LogP contribution in [0.15, 0.2) is 71.3 Å². The molecule has 4 aromatic rings. The highest BCUT2D eigenvalue weighted by Crippen LogP contribution is 2.27. The summed E-state index contributed by atoms with van der Waals surface area (Å²) in [6.07, 6.45) is 1.85. The predicted molar refractivity (Wildman–Crippen MR) is 125 cm³/mol. The van der Waals surface area contributed by atoms with Gasteiger partial charge in [0.05, 0.1) is 19.8 Å². The number of nitrogens with one attached hydrogen (secondary N) is 2. The minimum Gasteiger partial charge on any atom is -0.497 e. The average Bonchev–Trinajstić information content (AvgIpc) is 3.20. The molecule has 1 heterocycles. The maximum Gasteiger partial charge on any atom is 0.255 e. The van der Waals surface area contributed by atoms with Gasteiger partial charge in [-0.3, -0.25) is 9.59 Å². The van der Waals surface area contributed by atoms with E-state index in [1.165, 1.54) is 0 Å². The fourth-order valence-corrected chi connectivity index (χ4v) is 3.49. The van der Waals surface area contributed by atoms with Crippen LogP contribution in [0.5, 0.6) is 5.75 Å². The van der Waals surface area contributed by atoms with Crippen molar-refractivity contribution in [3.05, 3.63) is 89.2 Å². The summed E-state index contributed by atoms with van der Waals surface area (Å²) in [6, 6.07) is 17.9. The minimum atomic E-state index is -0.233. The van der Waals surface area contributed by atoms with Crippen LogP contribution in [0, 0.1) is 13.8 Å². The SMILES string of the molecule is COc1ccc(NC(=O)c2ccc(NC(=O)Cc3coc4c(C)c(C)ccc34)cc2)cc1. The quantitative estimate of drug-likeness (QED) is 0.425. The van der Waals surface area contributed by atoms with E-state index in [0.717, 1.165) is 33.4 Å². The van der Waals surface area contributed by atoms with E-state index in [1.807, 2.05) is 26.0 Å². The van der Waals surface area contributed by atoms with E-state index < -0.39 is 0 Å². The lowest BCUT2D eigenvalue weighted by Gasteiger charge is -2.08. The highest BCUT2D eigenvalue weighted by atomic mass is 16.5. The zero-order valence-corrected chi connectivity index (χ0v) is 18.2. The molecule has 0 unspecified atom stereocenters. The second-order valence-corrected chi connectivity index (χ2v) is 7.63. The van der Waals surface area contributed by atoms with Gasteiger partial charge in [0.15, 0.2) is 0 Å². The first-order chi connectivity index (χ1) is 15.4. The van der Waals surface area contributed by atoms with Crippen LogP contribution in [-0.2, 0) is 11.2 Å². The summed E-state index contributed by atoms with van der Waals surface area (Å²) in [7, 11) is 1.59. The number of anilines is 2. The maximum atomic E-state index is 12.5. The van der Waals surface area contributed by atoms with Gasteiger partial charge in [-0.1, -0.05) is 12.1 Å². The third-order valence-electron chi connectivity index (χ3n) is 5.47. The Morgan fingerprint density at radius 3 is 2.22 bits per heavy atom. The number of carbonyl (C=O) groups excluding carboxylic acids is 2. The topological polar surface area (TPSA) is 80.6 Å². The van der Waals surface area contributed by atoms with E-state index in [-0.39, 0.29) is 18.2 Å². The van der Waals surface area contributed by atoms with Gasteiger partial charge in [0, 0.05) is 27.9 Å². The highest BCUT2D eigenvalue weighted by Gasteiger charge is 2.13. The van der Waals surface area contributed by atoms with Gasteiger partial charge in [0.25, 0.3) is 5.91 Å². The van der Waals surface area contributed by atoms with Gasteiger partial charge < -0.3 is 19.8 Å². The lowest BCUT2D eigenvalue weighted by atomic mass is 10.0. The molecule has 0 saturated carbocycles. The Bertz CT molecular complexity index is 1270. The number of aryl methyl sites for hydroxylation is 2. The molecular weight excluding hydrogens is 404 g/mol. The molecule has 6 heteroatoms. The molecule has 0 aliphatic rings. The van der Waals surface area contributed by atoms with Crippen molar-refractivity contribution in [2.75, 3.05) is 17.7 Å². The van der Waals surface area contributed by atoms with E-state index >= 15 is 0 Å². The maximum absolute atomic E-state index is 12.5. The number of fused-ring (bicyclic) bond motifs is 1. The second kappa shape index (κ2) is 8.98. The van der Waals surface area contributed by atoms with Crippen LogP contribution in [0.2, 0.25) is 0 Å². The van der Waals surface area contributed by atoms with Crippen molar-refractivity contribution < 1.29 is 18.7 Å². The van der Waals surface area contributed by atoms with Gasteiger partial charge in [0.1, 0.15) is 11.3 Å². The summed E-state index contributed by atoms with van der Waals surface area (Å²) >= 11 is 0. The van der Waals surface area contributed by atoms with E-state index in [1.54, 1.807) is 61.9 Å². The molecule has 162 valence electrons. The Morgan fingerprint density at radius 2 is 1.53 bits per heavy atom. The van der Waals surface area contributed by atoms with E-state index in [4.69, 9.17) is 9.15 Å². The molecule has 6 nitrogen and oxygen atoms in total. The number of carbonyl (C=O) groups is 2. The van der Waals surface area contributed by atoms with Crippen LogP contribution in [-0.4, -0.2) is 18.9 Å². The van der Waals surface area contributed by atoms with Crippen LogP contribution in [0.3, 0.4) is 0 Å². The fraction of sp³-hybridized carbons (Fsp3) is 0.154. The molecule has 0 atom stereocenters. The van der Waals surface area contributed by atoms with Crippen LogP contribution in [0.1, 0.15) is 27.0 Å². The van der Waals surface area contributed by atoms with Crippen molar-refractivity contribution >= 4 is 34.2 Å². The third-order valence-corrected chi connectivity index (χ3v) is 5.47. The first kappa shape index (κ1) is 21.2. The number of methoxy groups -OCH3 is 1. The molecule has 32 heavy (non-hydrogen) atoms. The second-order valence-electron chi connectivity index (χ2n) is 7.63. The van der Waals surface area contributed by atoms with Gasteiger partial charge in [-0.2, -0.15) is 0 Å². The van der Waals surface area contributed by atoms with Gasteiger partial charge in [0.2, 0.25) is 5.91 Å². The summed E-state index contributed by atoms with van der Waals surface area (Å²) in [5, 5.41) is 6.66. The van der Waals surface area contributed by atoms with Gasteiger partial charge in [-0.15, -0.1) is 0 Å². The molecule has 0 bridgehead atoms. The van der Waals surface area contributed by atoms with Crippen molar-refractivity contribution in [2.45, 2.75) is 20.3 Å². The number of rotatable bonds is 6. The molecule has 0 radical (unpaired) electrons. The molecule has 1 aromatic heterocycles. The van der Waals surface area contributed by atoms with Crippen molar-refractivity contribution in [1.29, 1.82) is 0 Å². The number of ether oxygens (including phenoxy) is 1. The summed E-state index contributed by atoms with van der Waals surface area (Å²) in [6.45, 7) is 4.04. The predicted octanol–water partition coefficient (Wildman–Crippen LogP) is 5.49.